The Balaban J connectivity index is 3.12. The molecule has 3 N–H and O–H groups in total. The van der Waals surface area contributed by atoms with Crippen LogP contribution < -0.4 is 10.9 Å². The van der Waals surface area contributed by atoms with Crippen molar-refractivity contribution in [3.8, 4) is 6.07 Å². The maximum Gasteiger partial charge on any atom is 0.396 e. The van der Waals surface area contributed by atoms with Gasteiger partial charge in [0.15, 0.2) is 0 Å². The van der Waals surface area contributed by atoms with Gasteiger partial charge in [0.2, 0.25) is 0 Å². The number of nitrogens with two attached hydrogens (primary N) is 1. The number of nitrogens with zero attached hydrogens (tertiary/aromatic N) is 2. The predicted octanol–water partition coefficient (Wildman–Crippen LogP) is -0.150. The number of benzene rings is 1. The summed E-state index contributed by atoms with van der Waals surface area (Å²) < 4.78 is 0. The van der Waals surface area contributed by atoms with Gasteiger partial charge in [0, 0.05) is 0 Å². The van der Waals surface area contributed by atoms with Gasteiger partial charge in [-0.15, -0.1) is 0 Å². The molecule has 0 heterocycles. The fourth-order valence-corrected chi connectivity index (χ4v) is 0.991. The first kappa shape index (κ1) is 10.7. The minimum atomic E-state index is -1.68. The number of carbonyl (C=O) groups is 2. The first-order valence-electron chi connectivity index (χ1n) is 3.89. The molecule has 1 amide bonds. The number of para-hydroxylation sites is 1. The van der Waals surface area contributed by atoms with Crippen molar-refractivity contribution in [1.29, 1.82) is 5.26 Å². The van der Waals surface area contributed by atoms with Crippen molar-refractivity contribution in [2.24, 2.45) is 5.84 Å². The smallest absolute Gasteiger partial charge is 0.396 e. The van der Waals surface area contributed by atoms with Gasteiger partial charge in [-0.2, -0.15) is 5.26 Å². The molecule has 0 aliphatic heterocycles. The molecule has 1 aromatic rings. The van der Waals surface area contributed by atoms with Gasteiger partial charge in [-0.25, -0.2) is 15.6 Å². The lowest BCUT2D eigenvalue weighted by atomic mass is 10.2. The highest BCUT2D eigenvalue weighted by Gasteiger charge is 2.21. The van der Waals surface area contributed by atoms with Gasteiger partial charge < -0.3 is 5.11 Å². The van der Waals surface area contributed by atoms with E-state index in [1.807, 2.05) is 0 Å². The molecule has 1 rings (SSSR count). The SMILES string of the molecule is N#Cc1ccccc1N(N)C(=O)C(=O)O. The second-order valence-electron chi connectivity index (χ2n) is 2.61. The Bertz CT molecular complexity index is 450. The van der Waals surface area contributed by atoms with Gasteiger partial charge in [0.05, 0.1) is 11.3 Å². The van der Waals surface area contributed by atoms with Crippen LogP contribution in [-0.4, -0.2) is 17.0 Å². The maximum absolute atomic E-state index is 11.0. The number of amides is 1. The van der Waals surface area contributed by atoms with Crippen molar-refractivity contribution in [3.63, 3.8) is 0 Å². The third-order valence-electron chi connectivity index (χ3n) is 1.69. The molecule has 0 aliphatic carbocycles. The number of anilines is 1. The van der Waals surface area contributed by atoms with Gasteiger partial charge in [-0.1, -0.05) is 12.1 Å². The number of hydrazine groups is 1. The molecule has 0 fully saturated rings. The summed E-state index contributed by atoms with van der Waals surface area (Å²) in [7, 11) is 0. The molecule has 76 valence electrons. The number of hydrogen-bond donors (Lipinski definition) is 2. The normalized spacial score (nSPS) is 9.07. The summed E-state index contributed by atoms with van der Waals surface area (Å²) >= 11 is 0. The molecule has 0 unspecified atom stereocenters. The summed E-state index contributed by atoms with van der Waals surface area (Å²) in [4.78, 5) is 21.4. The number of rotatable bonds is 1. The Hall–Kier alpha value is -2.39. The van der Waals surface area contributed by atoms with Crippen LogP contribution in [0.5, 0.6) is 0 Å². The molecule has 0 spiro atoms. The minimum absolute atomic E-state index is 0.0624. The van der Waals surface area contributed by atoms with Gasteiger partial charge in [0.1, 0.15) is 6.07 Å². The predicted molar refractivity (Wildman–Crippen MR) is 50.5 cm³/mol. The number of carboxylic acid groups (broad SMARTS) is 1. The fourth-order valence-electron chi connectivity index (χ4n) is 0.991. The molecule has 0 saturated heterocycles. The second-order valence-corrected chi connectivity index (χ2v) is 2.61. The van der Waals surface area contributed by atoms with Crippen LogP contribution in [-0.2, 0) is 9.59 Å². The van der Waals surface area contributed by atoms with Crippen LogP contribution in [0.15, 0.2) is 24.3 Å². The minimum Gasteiger partial charge on any atom is -0.474 e. The monoisotopic (exact) mass is 205 g/mol. The summed E-state index contributed by atoms with van der Waals surface area (Å²) in [6, 6.07) is 7.76. The molecule has 0 atom stereocenters. The molecule has 1 aromatic carbocycles. The van der Waals surface area contributed by atoms with E-state index in [4.69, 9.17) is 16.2 Å². The number of hydrogen-bond acceptors (Lipinski definition) is 4. The van der Waals surface area contributed by atoms with Crippen molar-refractivity contribution >= 4 is 17.6 Å². The van der Waals surface area contributed by atoms with E-state index in [0.29, 0.717) is 5.01 Å². The molecule has 15 heavy (non-hydrogen) atoms. The van der Waals surface area contributed by atoms with E-state index >= 15 is 0 Å². The summed E-state index contributed by atoms with van der Waals surface area (Å²) in [6.07, 6.45) is 0. The lowest BCUT2D eigenvalue weighted by Crippen LogP contribution is -2.42. The Labute approximate surface area is 85.1 Å². The first-order valence-corrected chi connectivity index (χ1v) is 3.89. The molecule has 0 bridgehead atoms. The molecule has 0 radical (unpaired) electrons. The van der Waals surface area contributed by atoms with Crippen molar-refractivity contribution in [2.75, 3.05) is 5.01 Å². The van der Waals surface area contributed by atoms with Crippen molar-refractivity contribution in [3.05, 3.63) is 29.8 Å². The number of carbonyl (C=O) groups excluding carboxylic acids is 1. The van der Waals surface area contributed by atoms with Crippen molar-refractivity contribution in [2.45, 2.75) is 0 Å². The van der Waals surface area contributed by atoms with Gasteiger partial charge in [0.25, 0.3) is 0 Å². The van der Waals surface area contributed by atoms with Crippen LogP contribution >= 0.6 is 0 Å². The third kappa shape index (κ3) is 2.10. The summed E-state index contributed by atoms with van der Waals surface area (Å²) in [5, 5.41) is 17.6. The zero-order valence-electron chi connectivity index (χ0n) is 7.54. The van der Waals surface area contributed by atoms with Crippen LogP contribution in [0.2, 0.25) is 0 Å². The topological polar surface area (TPSA) is 107 Å². The summed E-state index contributed by atoms with van der Waals surface area (Å²) in [6.45, 7) is 0. The van der Waals surface area contributed by atoms with Gasteiger partial charge in [-0.05, 0) is 12.1 Å². The molecular weight excluding hydrogens is 198 g/mol. The largest absolute Gasteiger partial charge is 0.474 e. The Morgan fingerprint density at radius 3 is 2.53 bits per heavy atom. The highest BCUT2D eigenvalue weighted by atomic mass is 16.4. The summed E-state index contributed by atoms with van der Waals surface area (Å²) in [5.41, 5.74) is 0.196. The van der Waals surface area contributed by atoms with Crippen LogP contribution in [0.4, 0.5) is 5.69 Å². The van der Waals surface area contributed by atoms with Crippen LogP contribution in [0.25, 0.3) is 0 Å². The molecule has 6 nitrogen and oxygen atoms in total. The standard InChI is InChI=1S/C9H7N3O3/c10-5-6-3-1-2-4-7(6)12(11)8(13)9(14)15/h1-4H,11H2,(H,14,15). The second kappa shape index (κ2) is 4.21. The van der Waals surface area contributed by atoms with E-state index in [-0.39, 0.29) is 11.3 Å². The Kier molecular flexibility index (Phi) is 3.00. The highest BCUT2D eigenvalue weighted by molar-refractivity contribution is 6.37. The molecular formula is C9H7N3O3. The molecule has 0 saturated carbocycles. The quantitative estimate of drug-likeness (QED) is 0.287. The molecule has 0 aliphatic rings. The van der Waals surface area contributed by atoms with Gasteiger partial charge >= 0.3 is 11.9 Å². The van der Waals surface area contributed by atoms with Crippen LogP contribution in [0.3, 0.4) is 0 Å². The van der Waals surface area contributed by atoms with E-state index in [9.17, 15) is 9.59 Å². The van der Waals surface area contributed by atoms with E-state index in [1.165, 1.54) is 12.1 Å². The zero-order valence-corrected chi connectivity index (χ0v) is 7.54. The maximum atomic E-state index is 11.0. The zero-order chi connectivity index (χ0) is 11.4. The highest BCUT2D eigenvalue weighted by Crippen LogP contribution is 2.16. The number of aliphatic carboxylic acids is 1. The first-order chi connectivity index (χ1) is 7.07. The molecule has 6 heteroatoms. The van der Waals surface area contributed by atoms with Gasteiger partial charge in [-0.3, -0.25) is 4.79 Å². The van der Waals surface area contributed by atoms with Crippen molar-refractivity contribution in [1.82, 2.24) is 0 Å². The van der Waals surface area contributed by atoms with E-state index in [0.717, 1.165) is 0 Å². The average molecular weight is 205 g/mol. The molecule has 0 aromatic heterocycles. The lowest BCUT2D eigenvalue weighted by Gasteiger charge is -2.14. The van der Waals surface area contributed by atoms with Crippen LogP contribution in [0.1, 0.15) is 5.56 Å². The van der Waals surface area contributed by atoms with Crippen LogP contribution in [0, 0.1) is 11.3 Å². The van der Waals surface area contributed by atoms with E-state index < -0.39 is 11.9 Å². The van der Waals surface area contributed by atoms with Crippen molar-refractivity contribution < 1.29 is 14.7 Å². The lowest BCUT2D eigenvalue weighted by molar-refractivity contribution is -0.148. The number of carboxylic acids is 1. The fraction of sp³-hybridized carbons (Fsp3) is 0. The van der Waals surface area contributed by atoms with E-state index in [2.05, 4.69) is 0 Å². The average Bonchev–Trinajstić information content (AvgIpc) is 2.26. The summed E-state index contributed by atoms with van der Waals surface area (Å²) in [5.74, 6) is 2.30. The third-order valence-corrected chi connectivity index (χ3v) is 1.69. The van der Waals surface area contributed by atoms with E-state index in [1.54, 1.807) is 18.2 Å². The Morgan fingerprint density at radius 1 is 1.40 bits per heavy atom. The number of nitriles is 1. The Morgan fingerprint density at radius 2 is 2.00 bits per heavy atom.